The van der Waals surface area contributed by atoms with Gasteiger partial charge in [-0.2, -0.15) is 13.2 Å². The van der Waals surface area contributed by atoms with E-state index in [2.05, 4.69) is 5.32 Å². The van der Waals surface area contributed by atoms with E-state index in [-0.39, 0.29) is 27.8 Å². The Morgan fingerprint density at radius 2 is 1.97 bits per heavy atom. The van der Waals surface area contributed by atoms with Gasteiger partial charge in [-0.1, -0.05) is 29.4 Å². The monoisotopic (exact) mass is 443 g/mol. The van der Waals surface area contributed by atoms with E-state index in [1.807, 2.05) is 0 Å². The standard InChI is InChI=1S/C19H13ClF3NO4S/c20-13-7-9(19(21,22)23)1-4-14(13)28-10-2-3-11-12(5-6-27-15(11)8-10)16-17(25)24-18(26)29-16/h1-4,7-8,12,16H,5-6H2,(H,24,25,26)/t12-,16+/m1/s1. The van der Waals surface area contributed by atoms with Crippen LogP contribution in [-0.2, 0) is 11.0 Å². The van der Waals surface area contributed by atoms with Crippen molar-refractivity contribution < 1.29 is 32.2 Å². The average molecular weight is 444 g/mol. The van der Waals surface area contributed by atoms with Crippen LogP contribution in [0.2, 0.25) is 5.02 Å². The number of halogens is 4. The van der Waals surface area contributed by atoms with Crippen molar-refractivity contribution in [2.45, 2.75) is 23.8 Å². The average Bonchev–Trinajstić information content (AvgIpc) is 3.00. The summed E-state index contributed by atoms with van der Waals surface area (Å²) in [6.07, 6.45) is -3.92. The number of alkyl halides is 3. The molecule has 0 aliphatic carbocycles. The second kappa shape index (κ2) is 7.46. The van der Waals surface area contributed by atoms with Gasteiger partial charge in [0.15, 0.2) is 0 Å². The van der Waals surface area contributed by atoms with Crippen LogP contribution in [0.25, 0.3) is 0 Å². The molecule has 4 rings (SSSR count). The molecule has 2 aliphatic rings. The number of hydrogen-bond acceptors (Lipinski definition) is 5. The van der Waals surface area contributed by atoms with Gasteiger partial charge in [0.25, 0.3) is 5.24 Å². The van der Waals surface area contributed by atoms with Crippen molar-refractivity contribution in [1.82, 2.24) is 5.32 Å². The normalized spacial score (nSPS) is 21.4. The molecule has 2 aromatic rings. The highest BCUT2D eigenvalue weighted by molar-refractivity contribution is 8.15. The number of ether oxygens (including phenoxy) is 2. The molecule has 10 heteroatoms. The minimum atomic E-state index is -4.50. The molecular weight excluding hydrogens is 431 g/mol. The molecule has 0 spiro atoms. The van der Waals surface area contributed by atoms with Crippen molar-refractivity contribution >= 4 is 34.5 Å². The van der Waals surface area contributed by atoms with Crippen LogP contribution in [-0.4, -0.2) is 23.0 Å². The summed E-state index contributed by atoms with van der Waals surface area (Å²) in [5.74, 6) is 0.372. The lowest BCUT2D eigenvalue weighted by molar-refractivity contribution is -0.137. The molecule has 29 heavy (non-hydrogen) atoms. The fourth-order valence-electron chi connectivity index (χ4n) is 3.30. The number of hydrogen-bond donors (Lipinski definition) is 1. The molecule has 1 fully saturated rings. The maximum Gasteiger partial charge on any atom is 0.416 e. The Hall–Kier alpha value is -2.39. The van der Waals surface area contributed by atoms with Gasteiger partial charge in [-0.3, -0.25) is 14.9 Å². The lowest BCUT2D eigenvalue weighted by atomic mass is 9.89. The number of rotatable bonds is 3. The van der Waals surface area contributed by atoms with E-state index in [1.165, 1.54) is 0 Å². The van der Waals surface area contributed by atoms with Crippen LogP contribution in [0.15, 0.2) is 36.4 Å². The molecule has 2 aromatic carbocycles. The zero-order valence-electron chi connectivity index (χ0n) is 14.6. The second-order valence-electron chi connectivity index (χ2n) is 6.50. The molecule has 2 amide bonds. The number of imide groups is 1. The zero-order chi connectivity index (χ0) is 20.8. The topological polar surface area (TPSA) is 64.6 Å². The first kappa shape index (κ1) is 19.9. The van der Waals surface area contributed by atoms with Crippen molar-refractivity contribution in [2.24, 2.45) is 0 Å². The van der Waals surface area contributed by atoms with Crippen LogP contribution in [0.1, 0.15) is 23.5 Å². The van der Waals surface area contributed by atoms with E-state index in [1.54, 1.807) is 18.2 Å². The van der Waals surface area contributed by atoms with E-state index in [4.69, 9.17) is 21.1 Å². The highest BCUT2D eigenvalue weighted by Crippen LogP contribution is 2.44. The third-order valence-electron chi connectivity index (χ3n) is 4.64. The third kappa shape index (κ3) is 4.02. The summed E-state index contributed by atoms with van der Waals surface area (Å²) in [5.41, 5.74) is -0.0992. The quantitative estimate of drug-likeness (QED) is 0.691. The van der Waals surface area contributed by atoms with Crippen LogP contribution < -0.4 is 14.8 Å². The summed E-state index contributed by atoms with van der Waals surface area (Å²) in [6.45, 7) is 0.362. The summed E-state index contributed by atoms with van der Waals surface area (Å²) in [4.78, 5) is 23.5. The van der Waals surface area contributed by atoms with Crippen LogP contribution >= 0.6 is 23.4 Å². The number of carbonyl (C=O) groups is 2. The van der Waals surface area contributed by atoms with Gasteiger partial charge in [0, 0.05) is 12.0 Å². The van der Waals surface area contributed by atoms with Gasteiger partial charge >= 0.3 is 6.18 Å². The largest absolute Gasteiger partial charge is 0.493 e. The predicted octanol–water partition coefficient (Wildman–Crippen LogP) is 5.37. The molecule has 0 unspecified atom stereocenters. The van der Waals surface area contributed by atoms with Crippen LogP contribution in [0, 0.1) is 0 Å². The molecule has 5 nitrogen and oxygen atoms in total. The maximum absolute atomic E-state index is 12.8. The summed E-state index contributed by atoms with van der Waals surface area (Å²) in [7, 11) is 0. The Bertz CT molecular complexity index is 998. The van der Waals surface area contributed by atoms with Crippen LogP contribution in [0.3, 0.4) is 0 Å². The van der Waals surface area contributed by atoms with Crippen molar-refractivity contribution in [1.29, 1.82) is 0 Å². The van der Waals surface area contributed by atoms with Gasteiger partial charge in [0.1, 0.15) is 22.5 Å². The highest BCUT2D eigenvalue weighted by atomic mass is 35.5. The summed E-state index contributed by atoms with van der Waals surface area (Å²) in [5, 5.41) is 1.22. The SMILES string of the molecule is O=C1NC(=O)[C@H]([C@@H]2CCOc3cc(Oc4ccc(C(F)(F)F)cc4Cl)ccc32)S1. The summed E-state index contributed by atoms with van der Waals surface area (Å²) >= 11 is 6.89. The minimum absolute atomic E-state index is 0.0725. The summed E-state index contributed by atoms with van der Waals surface area (Å²) < 4.78 is 49.6. The van der Waals surface area contributed by atoms with E-state index in [9.17, 15) is 22.8 Å². The van der Waals surface area contributed by atoms with Crippen LogP contribution in [0.5, 0.6) is 17.2 Å². The Labute approximate surface area is 172 Å². The molecule has 0 bridgehead atoms. The van der Waals surface area contributed by atoms with Gasteiger partial charge in [-0.05, 0) is 36.2 Å². The van der Waals surface area contributed by atoms with Gasteiger partial charge in [0.05, 0.1) is 17.2 Å². The molecule has 2 atom stereocenters. The zero-order valence-corrected chi connectivity index (χ0v) is 16.2. The van der Waals surface area contributed by atoms with Crippen molar-refractivity contribution in [2.75, 3.05) is 6.61 Å². The highest BCUT2D eigenvalue weighted by Gasteiger charge is 2.41. The van der Waals surface area contributed by atoms with Crippen molar-refractivity contribution in [3.8, 4) is 17.2 Å². The van der Waals surface area contributed by atoms with E-state index >= 15 is 0 Å². The Morgan fingerprint density at radius 3 is 2.62 bits per heavy atom. The lowest BCUT2D eigenvalue weighted by Gasteiger charge is -2.28. The molecule has 1 N–H and O–H groups in total. The first-order valence-corrected chi connectivity index (χ1v) is 9.81. The Balaban J connectivity index is 1.57. The number of benzene rings is 2. The first-order chi connectivity index (χ1) is 13.7. The van der Waals surface area contributed by atoms with E-state index in [0.29, 0.717) is 24.5 Å². The number of fused-ring (bicyclic) bond motifs is 1. The number of carbonyl (C=O) groups excluding carboxylic acids is 2. The van der Waals surface area contributed by atoms with E-state index in [0.717, 1.165) is 35.5 Å². The minimum Gasteiger partial charge on any atom is -0.493 e. The number of nitrogens with one attached hydrogen (secondary N) is 1. The fourth-order valence-corrected chi connectivity index (χ4v) is 4.52. The van der Waals surface area contributed by atoms with Gasteiger partial charge in [-0.25, -0.2) is 0 Å². The van der Waals surface area contributed by atoms with Gasteiger partial charge in [-0.15, -0.1) is 0 Å². The van der Waals surface area contributed by atoms with E-state index < -0.39 is 17.0 Å². The smallest absolute Gasteiger partial charge is 0.416 e. The second-order valence-corrected chi connectivity index (χ2v) is 8.03. The molecule has 152 valence electrons. The molecule has 0 aromatic heterocycles. The van der Waals surface area contributed by atoms with Crippen LogP contribution in [0.4, 0.5) is 18.0 Å². The molecule has 1 saturated heterocycles. The third-order valence-corrected chi connectivity index (χ3v) is 6.05. The molecule has 2 aliphatic heterocycles. The predicted molar refractivity (Wildman–Crippen MR) is 101 cm³/mol. The summed E-state index contributed by atoms with van der Waals surface area (Å²) in [6, 6.07) is 7.78. The molecule has 2 heterocycles. The fraction of sp³-hybridized carbons (Fsp3) is 0.263. The van der Waals surface area contributed by atoms with Gasteiger partial charge in [0.2, 0.25) is 5.91 Å². The number of amides is 2. The first-order valence-electron chi connectivity index (χ1n) is 8.55. The van der Waals surface area contributed by atoms with Crippen molar-refractivity contribution in [3.05, 3.63) is 52.5 Å². The van der Waals surface area contributed by atoms with Crippen molar-refractivity contribution in [3.63, 3.8) is 0 Å². The Morgan fingerprint density at radius 1 is 1.17 bits per heavy atom. The molecule has 0 saturated carbocycles. The lowest BCUT2D eigenvalue weighted by Crippen LogP contribution is -2.31. The molecular formula is C19H13ClF3NO4S. The molecule has 0 radical (unpaired) electrons. The van der Waals surface area contributed by atoms with Gasteiger partial charge < -0.3 is 9.47 Å². The number of thioether (sulfide) groups is 1. The maximum atomic E-state index is 12.8. The Kier molecular flexibility index (Phi) is 5.12.